The van der Waals surface area contributed by atoms with Gasteiger partial charge in [0.1, 0.15) is 0 Å². The minimum absolute atomic E-state index is 0.0581. The molecule has 1 saturated heterocycles. The first-order chi connectivity index (χ1) is 8.73. The van der Waals surface area contributed by atoms with Gasteiger partial charge < -0.3 is 14.9 Å². The lowest BCUT2D eigenvalue weighted by Crippen LogP contribution is -2.24. The molecule has 0 amide bonds. The van der Waals surface area contributed by atoms with Crippen molar-refractivity contribution in [2.45, 2.75) is 52.7 Å². The van der Waals surface area contributed by atoms with Crippen LogP contribution in [-0.4, -0.2) is 34.4 Å². The van der Waals surface area contributed by atoms with Crippen LogP contribution >= 0.6 is 0 Å². The molecule has 1 aliphatic heterocycles. The van der Waals surface area contributed by atoms with Crippen molar-refractivity contribution in [2.75, 3.05) is 0 Å². The number of hydrogen-bond acceptors (Lipinski definition) is 3. The highest BCUT2D eigenvalue weighted by atomic mass is 16.6. The second-order valence-electron chi connectivity index (χ2n) is 6.06. The van der Waals surface area contributed by atoms with E-state index < -0.39 is 23.8 Å². The monoisotopic (exact) mass is 272 g/mol. The first-order valence-electron chi connectivity index (χ1n) is 6.85. The first-order valence-corrected chi connectivity index (χ1v) is 6.85. The molecule has 0 saturated carbocycles. The summed E-state index contributed by atoms with van der Waals surface area (Å²) in [5.74, 6) is -2.33. The van der Waals surface area contributed by atoms with Gasteiger partial charge in [0.25, 0.3) is 0 Å². The Kier molecular flexibility index (Phi) is 5.35. The third kappa shape index (κ3) is 4.49. The van der Waals surface area contributed by atoms with Crippen molar-refractivity contribution in [2.24, 2.45) is 23.7 Å². The van der Waals surface area contributed by atoms with E-state index in [0.717, 1.165) is 0 Å². The molecule has 1 fully saturated rings. The maximum atomic E-state index is 11.1. The molecule has 1 aliphatic rings. The maximum absolute atomic E-state index is 11.1. The number of epoxide rings is 1. The lowest BCUT2D eigenvalue weighted by molar-refractivity contribution is -0.144. The largest absolute Gasteiger partial charge is 0.481 e. The molecule has 4 atom stereocenters. The van der Waals surface area contributed by atoms with Crippen LogP contribution in [0.2, 0.25) is 0 Å². The van der Waals surface area contributed by atoms with Crippen LogP contribution in [0.5, 0.6) is 0 Å². The van der Waals surface area contributed by atoms with E-state index in [-0.39, 0.29) is 24.0 Å². The second kappa shape index (κ2) is 6.37. The van der Waals surface area contributed by atoms with Crippen molar-refractivity contribution in [3.05, 3.63) is 0 Å². The van der Waals surface area contributed by atoms with Crippen LogP contribution in [0.1, 0.15) is 40.5 Å². The Labute approximate surface area is 114 Å². The van der Waals surface area contributed by atoms with E-state index >= 15 is 0 Å². The van der Waals surface area contributed by atoms with Gasteiger partial charge in [0.2, 0.25) is 0 Å². The Balaban J connectivity index is 2.46. The summed E-state index contributed by atoms with van der Waals surface area (Å²) in [7, 11) is 0. The fraction of sp³-hybridized carbons (Fsp3) is 0.857. The summed E-state index contributed by atoms with van der Waals surface area (Å²) < 4.78 is 5.45. The SMILES string of the molecule is CC(C)[C@H](C[C@@H]1O[C@@H]1C[C@H](C(=O)O)C(C)C)C(=O)O. The molecule has 2 N–H and O–H groups in total. The molecule has 5 heteroatoms. The number of aliphatic carboxylic acids is 2. The Morgan fingerprint density at radius 3 is 1.42 bits per heavy atom. The number of ether oxygens (including phenoxy) is 1. The number of carboxylic acids is 2. The standard InChI is InChI=1S/C14H24O5/c1-7(2)9(13(15)16)5-11-12(19-11)6-10(8(3)4)14(17)18/h7-12H,5-6H2,1-4H3,(H,15,16)(H,17,18)/t9-,10-,11-,12+/m0/s1. The Bertz CT molecular complexity index is 305. The minimum atomic E-state index is -0.803. The van der Waals surface area contributed by atoms with E-state index in [9.17, 15) is 9.59 Å². The van der Waals surface area contributed by atoms with E-state index in [4.69, 9.17) is 14.9 Å². The summed E-state index contributed by atoms with van der Waals surface area (Å²) in [6, 6.07) is 0. The second-order valence-corrected chi connectivity index (χ2v) is 6.06. The van der Waals surface area contributed by atoms with E-state index in [1.165, 1.54) is 0 Å². The van der Waals surface area contributed by atoms with E-state index in [2.05, 4.69) is 0 Å². The molecule has 0 bridgehead atoms. The van der Waals surface area contributed by atoms with Gasteiger partial charge in [0, 0.05) is 0 Å². The van der Waals surface area contributed by atoms with Crippen molar-refractivity contribution < 1.29 is 24.5 Å². The van der Waals surface area contributed by atoms with Crippen molar-refractivity contribution >= 4 is 11.9 Å². The zero-order valence-corrected chi connectivity index (χ0v) is 12.0. The summed E-state index contributed by atoms with van der Waals surface area (Å²) in [5, 5.41) is 18.2. The van der Waals surface area contributed by atoms with Crippen molar-refractivity contribution in [3.63, 3.8) is 0 Å². The normalized spacial score (nSPS) is 25.4. The predicted molar refractivity (Wildman–Crippen MR) is 69.8 cm³/mol. The van der Waals surface area contributed by atoms with Crippen LogP contribution in [0, 0.1) is 23.7 Å². The highest BCUT2D eigenvalue weighted by Crippen LogP contribution is 2.36. The van der Waals surface area contributed by atoms with Crippen molar-refractivity contribution in [1.29, 1.82) is 0 Å². The van der Waals surface area contributed by atoms with Gasteiger partial charge in [-0.05, 0) is 24.7 Å². The average molecular weight is 272 g/mol. The summed E-state index contributed by atoms with van der Waals surface area (Å²) in [5.41, 5.74) is 0. The lowest BCUT2D eigenvalue weighted by atomic mass is 9.87. The van der Waals surface area contributed by atoms with Crippen LogP contribution in [0.4, 0.5) is 0 Å². The van der Waals surface area contributed by atoms with Gasteiger partial charge in [0.15, 0.2) is 0 Å². The predicted octanol–water partition coefficient (Wildman–Crippen LogP) is 2.25. The molecule has 110 valence electrons. The van der Waals surface area contributed by atoms with E-state index in [1.54, 1.807) is 0 Å². The fourth-order valence-corrected chi connectivity index (χ4v) is 2.41. The summed E-state index contributed by atoms with van der Waals surface area (Å²) in [6.45, 7) is 7.52. The Hall–Kier alpha value is -1.10. The van der Waals surface area contributed by atoms with Gasteiger partial charge in [-0.2, -0.15) is 0 Å². The minimum Gasteiger partial charge on any atom is -0.481 e. The van der Waals surface area contributed by atoms with Gasteiger partial charge in [-0.1, -0.05) is 27.7 Å². The van der Waals surface area contributed by atoms with Crippen LogP contribution in [0.25, 0.3) is 0 Å². The molecule has 0 aromatic rings. The maximum Gasteiger partial charge on any atom is 0.306 e. The Morgan fingerprint density at radius 1 is 0.895 bits per heavy atom. The summed E-state index contributed by atoms with van der Waals surface area (Å²) in [6.07, 6.45) is 0.762. The number of carbonyl (C=O) groups is 2. The van der Waals surface area contributed by atoms with Crippen LogP contribution in [-0.2, 0) is 14.3 Å². The molecular formula is C14H24O5. The zero-order valence-electron chi connectivity index (χ0n) is 12.0. The lowest BCUT2D eigenvalue weighted by Gasteiger charge is -2.16. The van der Waals surface area contributed by atoms with Gasteiger partial charge in [0.05, 0.1) is 24.0 Å². The highest BCUT2D eigenvalue weighted by molar-refractivity contribution is 5.71. The van der Waals surface area contributed by atoms with Crippen LogP contribution in [0.3, 0.4) is 0 Å². The van der Waals surface area contributed by atoms with Gasteiger partial charge in [-0.25, -0.2) is 0 Å². The first kappa shape index (κ1) is 16.0. The topological polar surface area (TPSA) is 87.1 Å². The molecule has 0 radical (unpaired) electrons. The quantitative estimate of drug-likeness (QED) is 0.662. The Morgan fingerprint density at radius 2 is 1.21 bits per heavy atom. The molecule has 1 rings (SSSR count). The van der Waals surface area contributed by atoms with Crippen molar-refractivity contribution in [1.82, 2.24) is 0 Å². The number of rotatable bonds is 8. The molecule has 5 nitrogen and oxygen atoms in total. The molecule has 0 aliphatic carbocycles. The molecule has 1 heterocycles. The van der Waals surface area contributed by atoms with Gasteiger partial charge >= 0.3 is 11.9 Å². The van der Waals surface area contributed by atoms with Crippen LogP contribution in [0.15, 0.2) is 0 Å². The van der Waals surface area contributed by atoms with Crippen LogP contribution < -0.4 is 0 Å². The highest BCUT2D eigenvalue weighted by Gasteiger charge is 2.44. The smallest absolute Gasteiger partial charge is 0.306 e. The molecule has 0 spiro atoms. The third-order valence-corrected chi connectivity index (χ3v) is 3.90. The molecule has 19 heavy (non-hydrogen) atoms. The average Bonchev–Trinajstić information content (AvgIpc) is 2.99. The number of hydrogen-bond donors (Lipinski definition) is 2. The van der Waals surface area contributed by atoms with E-state index in [1.807, 2.05) is 27.7 Å². The van der Waals surface area contributed by atoms with E-state index in [0.29, 0.717) is 12.8 Å². The molecule has 0 unspecified atom stereocenters. The number of carboxylic acid groups (broad SMARTS) is 2. The third-order valence-electron chi connectivity index (χ3n) is 3.90. The van der Waals surface area contributed by atoms with Gasteiger partial charge in [-0.3, -0.25) is 9.59 Å². The fourth-order valence-electron chi connectivity index (χ4n) is 2.41. The molecular weight excluding hydrogens is 248 g/mol. The van der Waals surface area contributed by atoms with Gasteiger partial charge in [-0.15, -0.1) is 0 Å². The summed E-state index contributed by atoms with van der Waals surface area (Å²) >= 11 is 0. The molecule has 0 aromatic heterocycles. The van der Waals surface area contributed by atoms with Crippen molar-refractivity contribution in [3.8, 4) is 0 Å². The molecule has 0 aromatic carbocycles. The summed E-state index contributed by atoms with van der Waals surface area (Å²) in [4.78, 5) is 22.2. The zero-order chi connectivity index (χ0) is 14.7.